The van der Waals surface area contributed by atoms with Crippen LogP contribution in [0.2, 0.25) is 5.02 Å². The number of halogens is 1. The smallest absolute Gasteiger partial charge is 0.239 e. The van der Waals surface area contributed by atoms with Gasteiger partial charge in [-0.05, 0) is 19.3 Å². The standard InChI is InChI=1S/C13H20ClN5O/c1-3-6-15-13-16-7-10(14)12(18-13)19(2)8-11(20)17-9-4-5-9/h7,9H,3-6,8H2,1-2H3,(H,17,20)(H,15,16,18). The predicted molar refractivity (Wildman–Crippen MR) is 80.3 cm³/mol. The summed E-state index contributed by atoms with van der Waals surface area (Å²) in [5, 5.41) is 6.48. The van der Waals surface area contributed by atoms with Gasteiger partial charge in [-0.3, -0.25) is 4.79 Å². The molecule has 0 unspecified atom stereocenters. The van der Waals surface area contributed by atoms with Gasteiger partial charge in [-0.2, -0.15) is 4.98 Å². The van der Waals surface area contributed by atoms with Crippen molar-refractivity contribution in [2.45, 2.75) is 32.2 Å². The average molecular weight is 298 g/mol. The van der Waals surface area contributed by atoms with Crippen LogP contribution in [0.3, 0.4) is 0 Å². The Labute approximate surface area is 123 Å². The van der Waals surface area contributed by atoms with Crippen molar-refractivity contribution in [2.24, 2.45) is 0 Å². The first kappa shape index (κ1) is 14.8. The number of anilines is 2. The zero-order chi connectivity index (χ0) is 14.5. The molecule has 0 bridgehead atoms. The average Bonchev–Trinajstić information content (AvgIpc) is 3.21. The van der Waals surface area contributed by atoms with Crippen molar-refractivity contribution in [3.63, 3.8) is 0 Å². The van der Waals surface area contributed by atoms with E-state index in [0.717, 1.165) is 25.8 Å². The second-order valence-corrected chi connectivity index (χ2v) is 5.40. The molecule has 0 aliphatic heterocycles. The fourth-order valence-electron chi connectivity index (χ4n) is 1.74. The molecule has 0 radical (unpaired) electrons. The van der Waals surface area contributed by atoms with Crippen molar-refractivity contribution in [1.29, 1.82) is 0 Å². The number of nitrogens with one attached hydrogen (secondary N) is 2. The van der Waals surface area contributed by atoms with Crippen molar-refractivity contribution in [2.75, 3.05) is 30.4 Å². The third kappa shape index (κ3) is 4.23. The third-order valence-electron chi connectivity index (χ3n) is 2.94. The number of hydrogen-bond acceptors (Lipinski definition) is 5. The van der Waals surface area contributed by atoms with Gasteiger partial charge in [-0.25, -0.2) is 4.98 Å². The van der Waals surface area contributed by atoms with Crippen molar-refractivity contribution in [3.05, 3.63) is 11.2 Å². The normalized spacial score (nSPS) is 13.9. The molecule has 110 valence electrons. The summed E-state index contributed by atoms with van der Waals surface area (Å²) in [7, 11) is 1.80. The number of amides is 1. The molecule has 1 aromatic heterocycles. The fourth-order valence-corrected chi connectivity index (χ4v) is 1.97. The highest BCUT2D eigenvalue weighted by Crippen LogP contribution is 2.23. The van der Waals surface area contributed by atoms with E-state index in [9.17, 15) is 4.79 Å². The maximum atomic E-state index is 11.8. The van der Waals surface area contributed by atoms with E-state index in [1.165, 1.54) is 0 Å². The molecule has 1 heterocycles. The van der Waals surface area contributed by atoms with E-state index in [2.05, 4.69) is 27.5 Å². The Bertz CT molecular complexity index is 478. The summed E-state index contributed by atoms with van der Waals surface area (Å²) in [6, 6.07) is 0.360. The number of likely N-dealkylation sites (N-methyl/N-ethyl adjacent to an activating group) is 1. The van der Waals surface area contributed by atoms with E-state index < -0.39 is 0 Å². The summed E-state index contributed by atoms with van der Waals surface area (Å²) in [6.45, 7) is 3.10. The van der Waals surface area contributed by atoms with Gasteiger partial charge in [0.1, 0.15) is 5.02 Å². The molecule has 2 N–H and O–H groups in total. The number of aromatic nitrogens is 2. The Hall–Kier alpha value is -1.56. The van der Waals surface area contributed by atoms with Crippen LogP contribution in [-0.4, -0.2) is 42.1 Å². The minimum absolute atomic E-state index is 0.00672. The Morgan fingerprint density at radius 1 is 1.55 bits per heavy atom. The summed E-state index contributed by atoms with van der Waals surface area (Å²) in [5.41, 5.74) is 0. The summed E-state index contributed by atoms with van der Waals surface area (Å²) in [4.78, 5) is 22.0. The van der Waals surface area contributed by atoms with Crippen LogP contribution in [0.25, 0.3) is 0 Å². The van der Waals surface area contributed by atoms with Gasteiger partial charge < -0.3 is 15.5 Å². The molecule has 1 fully saturated rings. The molecule has 0 saturated heterocycles. The summed E-state index contributed by atoms with van der Waals surface area (Å²) in [6.07, 6.45) is 4.70. The van der Waals surface area contributed by atoms with Crippen LogP contribution in [0.1, 0.15) is 26.2 Å². The molecule has 1 aliphatic rings. The van der Waals surface area contributed by atoms with E-state index >= 15 is 0 Å². The molecule has 7 heteroatoms. The monoisotopic (exact) mass is 297 g/mol. The SMILES string of the molecule is CCCNc1ncc(Cl)c(N(C)CC(=O)NC2CC2)n1. The molecular weight excluding hydrogens is 278 g/mol. The van der Waals surface area contributed by atoms with Gasteiger partial charge in [-0.15, -0.1) is 0 Å². The predicted octanol–water partition coefficient (Wildman–Crippen LogP) is 1.67. The fraction of sp³-hybridized carbons (Fsp3) is 0.615. The van der Waals surface area contributed by atoms with Crippen molar-refractivity contribution >= 4 is 29.3 Å². The Morgan fingerprint density at radius 3 is 2.95 bits per heavy atom. The van der Waals surface area contributed by atoms with Crippen LogP contribution in [0.4, 0.5) is 11.8 Å². The van der Waals surface area contributed by atoms with E-state index in [1.54, 1.807) is 18.1 Å². The second-order valence-electron chi connectivity index (χ2n) is 4.99. The lowest BCUT2D eigenvalue weighted by Crippen LogP contribution is -2.36. The van der Waals surface area contributed by atoms with Gasteiger partial charge in [0.15, 0.2) is 5.82 Å². The lowest BCUT2D eigenvalue weighted by Gasteiger charge is -2.19. The van der Waals surface area contributed by atoms with Crippen LogP contribution in [0, 0.1) is 0 Å². The summed E-state index contributed by atoms with van der Waals surface area (Å²) in [5.74, 6) is 1.08. The molecule has 0 atom stereocenters. The van der Waals surface area contributed by atoms with Crippen LogP contribution in [0.15, 0.2) is 6.20 Å². The number of carbonyl (C=O) groups is 1. The van der Waals surface area contributed by atoms with Gasteiger partial charge in [0.05, 0.1) is 12.7 Å². The summed E-state index contributed by atoms with van der Waals surface area (Å²) < 4.78 is 0. The van der Waals surface area contributed by atoms with Gasteiger partial charge in [0.2, 0.25) is 11.9 Å². The molecule has 1 aliphatic carbocycles. The first-order chi connectivity index (χ1) is 9.60. The van der Waals surface area contributed by atoms with Crippen molar-refractivity contribution < 1.29 is 4.79 Å². The van der Waals surface area contributed by atoms with E-state index in [-0.39, 0.29) is 12.5 Å². The Kier molecular flexibility index (Phi) is 5.00. The molecule has 20 heavy (non-hydrogen) atoms. The molecular formula is C13H20ClN5O. The van der Waals surface area contributed by atoms with Gasteiger partial charge in [-0.1, -0.05) is 18.5 Å². The quantitative estimate of drug-likeness (QED) is 0.801. The Balaban J connectivity index is 1.99. The van der Waals surface area contributed by atoms with E-state index in [4.69, 9.17) is 11.6 Å². The maximum Gasteiger partial charge on any atom is 0.239 e. The number of nitrogens with zero attached hydrogens (tertiary/aromatic N) is 3. The van der Waals surface area contributed by atoms with Crippen molar-refractivity contribution in [1.82, 2.24) is 15.3 Å². The lowest BCUT2D eigenvalue weighted by atomic mass is 10.4. The molecule has 1 aromatic rings. The highest BCUT2D eigenvalue weighted by Gasteiger charge is 2.24. The zero-order valence-electron chi connectivity index (χ0n) is 11.8. The van der Waals surface area contributed by atoms with Gasteiger partial charge in [0.25, 0.3) is 0 Å². The highest BCUT2D eigenvalue weighted by molar-refractivity contribution is 6.32. The van der Waals surface area contributed by atoms with E-state index in [1.807, 2.05) is 0 Å². The highest BCUT2D eigenvalue weighted by atomic mass is 35.5. The summed E-state index contributed by atoms with van der Waals surface area (Å²) >= 11 is 6.10. The number of rotatable bonds is 7. The molecule has 2 rings (SSSR count). The minimum Gasteiger partial charge on any atom is -0.354 e. The minimum atomic E-state index is -0.00672. The van der Waals surface area contributed by atoms with E-state index in [0.29, 0.717) is 22.8 Å². The van der Waals surface area contributed by atoms with Crippen LogP contribution >= 0.6 is 11.6 Å². The van der Waals surface area contributed by atoms with Gasteiger partial charge >= 0.3 is 0 Å². The lowest BCUT2D eigenvalue weighted by molar-refractivity contribution is -0.119. The second kappa shape index (κ2) is 6.74. The molecule has 0 aromatic carbocycles. The molecule has 1 saturated carbocycles. The largest absolute Gasteiger partial charge is 0.354 e. The van der Waals surface area contributed by atoms with Crippen LogP contribution in [0.5, 0.6) is 0 Å². The van der Waals surface area contributed by atoms with Crippen LogP contribution < -0.4 is 15.5 Å². The van der Waals surface area contributed by atoms with Crippen molar-refractivity contribution in [3.8, 4) is 0 Å². The first-order valence-electron chi connectivity index (χ1n) is 6.87. The number of carbonyl (C=O) groups excluding carboxylic acids is 1. The topological polar surface area (TPSA) is 70.2 Å². The molecule has 1 amide bonds. The zero-order valence-corrected chi connectivity index (χ0v) is 12.6. The third-order valence-corrected chi connectivity index (χ3v) is 3.21. The van der Waals surface area contributed by atoms with Crippen LogP contribution in [-0.2, 0) is 4.79 Å². The number of hydrogen-bond donors (Lipinski definition) is 2. The first-order valence-corrected chi connectivity index (χ1v) is 7.25. The molecule has 0 spiro atoms. The Morgan fingerprint density at radius 2 is 2.30 bits per heavy atom. The maximum absolute atomic E-state index is 11.8. The molecule has 6 nitrogen and oxygen atoms in total. The van der Waals surface area contributed by atoms with Gasteiger partial charge in [0, 0.05) is 19.6 Å².